The minimum atomic E-state index is 1.08. The third-order valence-corrected chi connectivity index (χ3v) is 4.29. The maximum absolute atomic E-state index is 4.25. The zero-order valence-electron chi connectivity index (χ0n) is 6.37. The van der Waals surface area contributed by atoms with Crippen LogP contribution in [-0.2, 0) is 0 Å². The predicted octanol–water partition coefficient (Wildman–Crippen LogP) is 3.94. The van der Waals surface area contributed by atoms with Crippen LogP contribution >= 0.6 is 38.6 Å². The van der Waals surface area contributed by atoms with E-state index >= 15 is 0 Å². The first kappa shape index (κ1) is 8.41. The van der Waals surface area contributed by atoms with Crippen LogP contribution in [0.4, 0.5) is 0 Å². The summed E-state index contributed by atoms with van der Waals surface area (Å²) in [5.74, 6) is 0. The zero-order valence-corrected chi connectivity index (χ0v) is 9.59. The Morgan fingerprint density at radius 2 is 2.33 bits per heavy atom. The van der Waals surface area contributed by atoms with Crippen molar-refractivity contribution in [3.63, 3.8) is 0 Å². The van der Waals surface area contributed by atoms with Gasteiger partial charge in [0.25, 0.3) is 0 Å². The molecule has 0 aromatic carbocycles. The molecule has 0 radical (unpaired) electrons. The maximum Gasteiger partial charge on any atom is 0.0911 e. The number of aryl methyl sites for hydroxylation is 1. The van der Waals surface area contributed by atoms with Crippen LogP contribution in [0.2, 0.25) is 0 Å². The molecule has 0 atom stereocenters. The molecular weight excluding hydrogens is 254 g/mol. The number of rotatable bonds is 1. The first-order chi connectivity index (χ1) is 5.77. The smallest absolute Gasteiger partial charge is 0.0911 e. The van der Waals surface area contributed by atoms with E-state index < -0.39 is 0 Å². The third kappa shape index (κ3) is 1.46. The fourth-order valence-corrected chi connectivity index (χ4v) is 3.05. The van der Waals surface area contributed by atoms with Gasteiger partial charge in [0, 0.05) is 14.7 Å². The van der Waals surface area contributed by atoms with E-state index in [1.807, 2.05) is 5.51 Å². The topological polar surface area (TPSA) is 12.9 Å². The van der Waals surface area contributed by atoms with Gasteiger partial charge in [-0.2, -0.15) is 0 Å². The second-order valence-electron chi connectivity index (χ2n) is 2.39. The molecule has 0 bridgehead atoms. The van der Waals surface area contributed by atoms with Crippen LogP contribution in [0.3, 0.4) is 0 Å². The van der Waals surface area contributed by atoms with Gasteiger partial charge >= 0.3 is 0 Å². The Balaban J connectivity index is 2.48. The number of halogens is 1. The zero-order chi connectivity index (χ0) is 8.55. The molecule has 0 fully saturated rings. The minimum absolute atomic E-state index is 1.08. The van der Waals surface area contributed by atoms with Crippen molar-refractivity contribution < 1.29 is 0 Å². The van der Waals surface area contributed by atoms with E-state index in [9.17, 15) is 0 Å². The predicted molar refractivity (Wildman–Crippen MR) is 57.9 cm³/mol. The van der Waals surface area contributed by atoms with Crippen molar-refractivity contribution in [1.29, 1.82) is 0 Å². The van der Waals surface area contributed by atoms with Crippen LogP contribution in [0.15, 0.2) is 21.4 Å². The van der Waals surface area contributed by atoms with Crippen molar-refractivity contribution >= 4 is 38.6 Å². The van der Waals surface area contributed by atoms with E-state index in [2.05, 4.69) is 39.3 Å². The molecule has 0 spiro atoms. The average Bonchev–Trinajstić information content (AvgIpc) is 2.61. The van der Waals surface area contributed by atoms with Crippen molar-refractivity contribution in [2.75, 3.05) is 0 Å². The second kappa shape index (κ2) is 3.28. The van der Waals surface area contributed by atoms with Gasteiger partial charge in [-0.25, -0.2) is 4.98 Å². The lowest BCUT2D eigenvalue weighted by Crippen LogP contribution is -1.66. The monoisotopic (exact) mass is 259 g/mol. The summed E-state index contributed by atoms with van der Waals surface area (Å²) in [6, 6.07) is 2.12. The molecule has 0 aliphatic heterocycles. The van der Waals surface area contributed by atoms with Gasteiger partial charge in [-0.3, -0.25) is 0 Å². The highest BCUT2D eigenvalue weighted by Gasteiger charge is 2.05. The number of aromatic nitrogens is 1. The van der Waals surface area contributed by atoms with Crippen molar-refractivity contribution in [3.05, 3.63) is 26.3 Å². The summed E-state index contributed by atoms with van der Waals surface area (Å²) in [7, 11) is 0. The lowest BCUT2D eigenvalue weighted by Gasteiger charge is -1.84. The van der Waals surface area contributed by atoms with Crippen LogP contribution in [-0.4, -0.2) is 4.98 Å². The van der Waals surface area contributed by atoms with Crippen LogP contribution in [0.25, 0.3) is 10.6 Å². The highest BCUT2D eigenvalue weighted by molar-refractivity contribution is 9.10. The van der Waals surface area contributed by atoms with Crippen LogP contribution in [0.5, 0.6) is 0 Å². The quantitative estimate of drug-likeness (QED) is 0.756. The highest BCUT2D eigenvalue weighted by atomic mass is 79.9. The molecule has 62 valence electrons. The molecule has 0 aliphatic rings. The minimum Gasteiger partial charge on any atom is -0.244 e. The van der Waals surface area contributed by atoms with Gasteiger partial charge in [0.2, 0.25) is 0 Å². The first-order valence-electron chi connectivity index (χ1n) is 3.42. The van der Waals surface area contributed by atoms with E-state index in [0.717, 1.165) is 5.69 Å². The Labute approximate surface area is 87.2 Å². The summed E-state index contributed by atoms with van der Waals surface area (Å²) in [6.45, 7) is 2.10. The van der Waals surface area contributed by atoms with Crippen molar-refractivity contribution in [2.24, 2.45) is 0 Å². The lowest BCUT2D eigenvalue weighted by molar-refractivity contribution is 1.43. The van der Waals surface area contributed by atoms with Gasteiger partial charge in [-0.15, -0.1) is 22.7 Å². The summed E-state index contributed by atoms with van der Waals surface area (Å²) in [5.41, 5.74) is 2.94. The molecule has 2 heterocycles. The Morgan fingerprint density at radius 3 is 2.83 bits per heavy atom. The van der Waals surface area contributed by atoms with E-state index in [1.165, 1.54) is 14.2 Å². The molecular formula is C8H6BrNS2. The molecule has 0 amide bonds. The second-order valence-corrected chi connectivity index (χ2v) is 5.22. The summed E-state index contributed by atoms with van der Waals surface area (Å²) in [4.78, 5) is 6.79. The lowest BCUT2D eigenvalue weighted by atomic mass is 10.4. The van der Waals surface area contributed by atoms with Gasteiger partial charge in [-0.1, -0.05) is 0 Å². The van der Waals surface area contributed by atoms with Gasteiger partial charge < -0.3 is 0 Å². The summed E-state index contributed by atoms with van der Waals surface area (Å²) in [5, 5.41) is 2.07. The molecule has 2 rings (SSSR count). The average molecular weight is 260 g/mol. The van der Waals surface area contributed by atoms with Crippen molar-refractivity contribution in [3.8, 4) is 10.6 Å². The summed E-state index contributed by atoms with van der Waals surface area (Å²) in [6.07, 6.45) is 0. The van der Waals surface area contributed by atoms with E-state index in [-0.39, 0.29) is 0 Å². The first-order valence-corrected chi connectivity index (χ1v) is 5.97. The largest absolute Gasteiger partial charge is 0.244 e. The SMILES string of the molecule is Cc1sc(-c2cscn2)cc1Br. The molecule has 0 aliphatic carbocycles. The van der Waals surface area contributed by atoms with Gasteiger partial charge in [0.1, 0.15) is 0 Å². The third-order valence-electron chi connectivity index (χ3n) is 1.54. The fraction of sp³-hybridized carbons (Fsp3) is 0.125. The molecule has 12 heavy (non-hydrogen) atoms. The van der Waals surface area contributed by atoms with Crippen LogP contribution in [0, 0.1) is 6.92 Å². The summed E-state index contributed by atoms with van der Waals surface area (Å²) >= 11 is 6.89. The van der Waals surface area contributed by atoms with Crippen molar-refractivity contribution in [1.82, 2.24) is 4.98 Å². The number of nitrogens with zero attached hydrogens (tertiary/aromatic N) is 1. The van der Waals surface area contributed by atoms with Gasteiger partial charge in [0.15, 0.2) is 0 Å². The highest BCUT2D eigenvalue weighted by Crippen LogP contribution is 2.33. The molecule has 0 N–H and O–H groups in total. The molecule has 0 saturated heterocycles. The molecule has 0 unspecified atom stereocenters. The number of thiazole rings is 1. The normalized spacial score (nSPS) is 10.5. The van der Waals surface area contributed by atoms with Crippen molar-refractivity contribution in [2.45, 2.75) is 6.92 Å². The Bertz CT molecular complexity index is 358. The molecule has 2 aromatic heterocycles. The van der Waals surface area contributed by atoms with Gasteiger partial charge in [-0.05, 0) is 28.9 Å². The number of thiophene rings is 1. The van der Waals surface area contributed by atoms with E-state index in [1.54, 1.807) is 22.7 Å². The Morgan fingerprint density at radius 1 is 1.50 bits per heavy atom. The molecule has 0 saturated carbocycles. The van der Waals surface area contributed by atoms with Crippen LogP contribution < -0.4 is 0 Å². The number of hydrogen-bond acceptors (Lipinski definition) is 3. The molecule has 1 nitrogen and oxygen atoms in total. The van der Waals surface area contributed by atoms with Gasteiger partial charge in [0.05, 0.1) is 16.1 Å². The Kier molecular flexibility index (Phi) is 2.30. The number of hydrogen-bond donors (Lipinski definition) is 0. The standard InChI is InChI=1S/C8H6BrNS2/c1-5-6(9)2-8(12-5)7-3-11-4-10-7/h2-4H,1H3. The fourth-order valence-electron chi connectivity index (χ4n) is 0.920. The maximum atomic E-state index is 4.25. The Hall–Kier alpha value is -0.190. The van der Waals surface area contributed by atoms with Crippen LogP contribution in [0.1, 0.15) is 4.88 Å². The van der Waals surface area contributed by atoms with E-state index in [4.69, 9.17) is 0 Å². The molecule has 2 aromatic rings. The van der Waals surface area contributed by atoms with E-state index in [0.29, 0.717) is 0 Å². The molecule has 4 heteroatoms. The summed E-state index contributed by atoms with van der Waals surface area (Å²) < 4.78 is 1.18.